The zero-order valence-electron chi connectivity index (χ0n) is 16.6. The van der Waals surface area contributed by atoms with E-state index in [0.29, 0.717) is 6.04 Å². The number of anilines is 1. The van der Waals surface area contributed by atoms with Crippen LogP contribution in [0.3, 0.4) is 0 Å². The highest BCUT2D eigenvalue weighted by molar-refractivity contribution is 7.99. The molecular weight excluding hydrogens is 469 g/mol. The lowest BCUT2D eigenvalue weighted by molar-refractivity contribution is -0.131. The number of carbonyl (C=O) groups is 1. The first-order valence-corrected chi connectivity index (χ1v) is 10.9. The van der Waals surface area contributed by atoms with E-state index in [1.54, 1.807) is 0 Å². The van der Waals surface area contributed by atoms with E-state index in [1.807, 2.05) is 34.9 Å². The number of halogens is 3. The number of amides is 1. The molecule has 1 amide bonds. The van der Waals surface area contributed by atoms with Crippen LogP contribution in [0.15, 0.2) is 28.8 Å². The normalized spacial score (nSPS) is 24.3. The predicted octanol–water partition coefficient (Wildman–Crippen LogP) is 2.48. The van der Waals surface area contributed by atoms with Gasteiger partial charge in [-0.1, -0.05) is 17.3 Å². The molecule has 3 saturated heterocycles. The second kappa shape index (κ2) is 11.1. The molecule has 2 atom stereocenters. The first-order chi connectivity index (χ1) is 13.3. The van der Waals surface area contributed by atoms with Crippen molar-refractivity contribution in [2.75, 3.05) is 55.8 Å². The van der Waals surface area contributed by atoms with Crippen molar-refractivity contribution in [1.82, 2.24) is 20.3 Å². The maximum atomic E-state index is 12.6. The van der Waals surface area contributed by atoms with Gasteiger partial charge in [0.2, 0.25) is 5.91 Å². The van der Waals surface area contributed by atoms with E-state index in [1.165, 1.54) is 0 Å². The van der Waals surface area contributed by atoms with Crippen molar-refractivity contribution in [3.63, 3.8) is 0 Å². The van der Waals surface area contributed by atoms with Crippen LogP contribution >= 0.6 is 49.0 Å². The van der Waals surface area contributed by atoms with Gasteiger partial charge in [-0.3, -0.25) is 9.69 Å². The van der Waals surface area contributed by atoms with Crippen LogP contribution in [-0.4, -0.2) is 83.8 Å². The smallest absolute Gasteiger partial charge is 0.240 e. The van der Waals surface area contributed by atoms with Gasteiger partial charge in [0.05, 0.1) is 17.3 Å². The molecule has 0 bridgehead atoms. The molecule has 3 aliphatic rings. The minimum absolute atomic E-state index is 0. The quantitative estimate of drug-likeness (QED) is 0.700. The van der Waals surface area contributed by atoms with Crippen LogP contribution in [0.1, 0.15) is 6.42 Å². The lowest BCUT2D eigenvalue weighted by atomic mass is 10.1. The van der Waals surface area contributed by atoms with Gasteiger partial charge in [-0.15, -0.1) is 49.0 Å². The van der Waals surface area contributed by atoms with Crippen molar-refractivity contribution < 1.29 is 9.32 Å². The Balaban J connectivity index is 0.00000107. The summed E-state index contributed by atoms with van der Waals surface area (Å²) in [7, 11) is 0. The standard InChI is InChI=1S/C19H25N5O2S.3ClH/c25-19(24-9-10-27-13-24)16-11-14(12-20-16)22-5-7-23(8-6-22)18-15-3-1-2-4-17(15)26-21-18;;;/h1-4,14,16,20H,5-13H2;3*1H/t14-,16-;;;/m0.../s1. The highest BCUT2D eigenvalue weighted by Gasteiger charge is 2.36. The summed E-state index contributed by atoms with van der Waals surface area (Å²) in [6, 6.07) is 8.47. The number of thioether (sulfide) groups is 1. The molecule has 1 aromatic carbocycles. The average molecular weight is 497 g/mol. The lowest BCUT2D eigenvalue weighted by Gasteiger charge is -2.37. The fourth-order valence-corrected chi connectivity index (χ4v) is 5.35. The van der Waals surface area contributed by atoms with Crippen LogP contribution in [0.4, 0.5) is 5.82 Å². The van der Waals surface area contributed by atoms with E-state index >= 15 is 0 Å². The summed E-state index contributed by atoms with van der Waals surface area (Å²) in [5, 5.41) is 8.84. The van der Waals surface area contributed by atoms with E-state index < -0.39 is 0 Å². The Morgan fingerprint density at radius 3 is 2.60 bits per heavy atom. The number of fused-ring (bicyclic) bond motifs is 1. The Hall–Kier alpha value is -0.900. The Labute approximate surface area is 199 Å². The molecule has 0 spiro atoms. The van der Waals surface area contributed by atoms with Crippen LogP contribution in [0.5, 0.6) is 0 Å². The van der Waals surface area contributed by atoms with E-state index in [9.17, 15) is 4.79 Å². The van der Waals surface area contributed by atoms with Crippen LogP contribution in [0.25, 0.3) is 11.0 Å². The van der Waals surface area contributed by atoms with E-state index in [2.05, 4.69) is 26.3 Å². The molecular formula is C19H28Cl3N5O2S. The number of piperazine rings is 1. The molecule has 30 heavy (non-hydrogen) atoms. The topological polar surface area (TPSA) is 64.9 Å². The van der Waals surface area contributed by atoms with Gasteiger partial charge >= 0.3 is 0 Å². The van der Waals surface area contributed by atoms with E-state index in [0.717, 1.165) is 74.1 Å². The number of hydrogen-bond donors (Lipinski definition) is 1. The third-order valence-corrected chi connectivity index (χ3v) is 6.92. The zero-order chi connectivity index (χ0) is 18.2. The number of para-hydroxylation sites is 1. The number of hydrogen-bond acceptors (Lipinski definition) is 7. The summed E-state index contributed by atoms with van der Waals surface area (Å²) >= 11 is 1.85. The van der Waals surface area contributed by atoms with Gasteiger partial charge in [0.15, 0.2) is 11.4 Å². The van der Waals surface area contributed by atoms with Gasteiger partial charge in [-0.2, -0.15) is 0 Å². The number of carbonyl (C=O) groups excluding carboxylic acids is 1. The van der Waals surface area contributed by atoms with Crippen LogP contribution in [-0.2, 0) is 4.79 Å². The zero-order valence-corrected chi connectivity index (χ0v) is 19.8. The van der Waals surface area contributed by atoms with Crippen LogP contribution in [0, 0.1) is 0 Å². The van der Waals surface area contributed by atoms with Gasteiger partial charge in [0.1, 0.15) is 0 Å². The second-order valence-electron chi connectivity index (χ2n) is 7.51. The molecule has 0 unspecified atom stereocenters. The molecule has 2 aromatic rings. The largest absolute Gasteiger partial charge is 0.354 e. The predicted molar refractivity (Wildman–Crippen MR) is 129 cm³/mol. The molecule has 0 aliphatic carbocycles. The molecule has 3 fully saturated rings. The first kappa shape index (κ1) is 25.4. The van der Waals surface area contributed by atoms with Gasteiger partial charge in [0, 0.05) is 51.1 Å². The average Bonchev–Trinajstić information content (AvgIpc) is 3.48. The summed E-state index contributed by atoms with van der Waals surface area (Å²) in [5.74, 6) is 3.16. The summed E-state index contributed by atoms with van der Waals surface area (Å²) in [6.07, 6.45) is 0.924. The monoisotopic (exact) mass is 495 g/mol. The number of nitrogens with one attached hydrogen (secondary N) is 1. The molecule has 11 heteroatoms. The molecule has 1 N–H and O–H groups in total. The number of rotatable bonds is 3. The fourth-order valence-electron chi connectivity index (χ4n) is 4.39. The number of aromatic nitrogens is 1. The van der Waals surface area contributed by atoms with E-state index in [-0.39, 0.29) is 49.2 Å². The number of benzene rings is 1. The fraction of sp³-hybridized carbons (Fsp3) is 0.579. The maximum absolute atomic E-state index is 12.6. The summed E-state index contributed by atoms with van der Waals surface area (Å²) in [5.41, 5.74) is 0.844. The van der Waals surface area contributed by atoms with Crippen molar-refractivity contribution in [3.05, 3.63) is 24.3 Å². The lowest BCUT2D eigenvalue weighted by Crippen LogP contribution is -2.51. The third-order valence-electron chi connectivity index (χ3n) is 5.96. The summed E-state index contributed by atoms with van der Waals surface area (Å²) in [6.45, 7) is 5.67. The summed E-state index contributed by atoms with van der Waals surface area (Å²) < 4.78 is 5.46. The Kier molecular flexibility index (Phi) is 9.39. The Morgan fingerprint density at radius 2 is 1.87 bits per heavy atom. The molecule has 0 radical (unpaired) electrons. The molecule has 1 aromatic heterocycles. The molecule has 168 valence electrons. The molecule has 4 heterocycles. The van der Waals surface area contributed by atoms with Gasteiger partial charge in [-0.25, -0.2) is 0 Å². The summed E-state index contributed by atoms with van der Waals surface area (Å²) in [4.78, 5) is 19.5. The highest BCUT2D eigenvalue weighted by Crippen LogP contribution is 2.27. The molecule has 5 rings (SSSR count). The third kappa shape index (κ3) is 4.95. The van der Waals surface area contributed by atoms with Gasteiger partial charge in [0.25, 0.3) is 0 Å². The van der Waals surface area contributed by atoms with Gasteiger partial charge < -0.3 is 19.6 Å². The van der Waals surface area contributed by atoms with Crippen molar-refractivity contribution in [2.45, 2.75) is 18.5 Å². The van der Waals surface area contributed by atoms with Crippen LogP contribution < -0.4 is 10.2 Å². The Morgan fingerprint density at radius 1 is 1.10 bits per heavy atom. The van der Waals surface area contributed by atoms with Crippen molar-refractivity contribution in [1.29, 1.82) is 0 Å². The van der Waals surface area contributed by atoms with Crippen LogP contribution in [0.2, 0.25) is 0 Å². The first-order valence-electron chi connectivity index (χ1n) is 9.73. The SMILES string of the molecule is Cl.Cl.Cl.O=C([C@@H]1C[C@H](N2CCN(c3noc4ccccc34)CC2)CN1)N1CCSC1. The minimum atomic E-state index is -0.00814. The van der Waals surface area contributed by atoms with Gasteiger partial charge in [-0.05, 0) is 18.6 Å². The second-order valence-corrected chi connectivity index (χ2v) is 8.59. The highest BCUT2D eigenvalue weighted by atomic mass is 35.5. The Bertz CT molecular complexity index is 827. The maximum Gasteiger partial charge on any atom is 0.240 e. The minimum Gasteiger partial charge on any atom is -0.354 e. The molecule has 7 nitrogen and oxygen atoms in total. The van der Waals surface area contributed by atoms with Crippen molar-refractivity contribution in [2.24, 2.45) is 0 Å². The van der Waals surface area contributed by atoms with Crippen molar-refractivity contribution in [3.8, 4) is 0 Å². The van der Waals surface area contributed by atoms with E-state index in [4.69, 9.17) is 4.52 Å². The number of nitrogens with zero attached hydrogens (tertiary/aromatic N) is 4. The van der Waals surface area contributed by atoms with Crippen molar-refractivity contribution >= 4 is 71.7 Å². The molecule has 3 aliphatic heterocycles. The molecule has 0 saturated carbocycles.